The van der Waals surface area contributed by atoms with Gasteiger partial charge in [-0.3, -0.25) is 4.79 Å². The molecule has 46 valence electrons. The summed E-state index contributed by atoms with van der Waals surface area (Å²) in [6.45, 7) is 0. The Kier molecular flexibility index (Phi) is 1.40. The van der Waals surface area contributed by atoms with Crippen LogP contribution in [0.5, 0.6) is 0 Å². The lowest BCUT2D eigenvalue weighted by Crippen LogP contribution is -1.95. The second kappa shape index (κ2) is 2.21. The van der Waals surface area contributed by atoms with E-state index in [4.69, 9.17) is 0 Å². The van der Waals surface area contributed by atoms with Gasteiger partial charge in [-0.15, -0.1) is 4.91 Å². The minimum Gasteiger partial charge on any atom is -0.365 e. The van der Waals surface area contributed by atoms with E-state index in [0.29, 0.717) is 0 Å². The zero-order chi connectivity index (χ0) is 6.69. The second-order valence-corrected chi connectivity index (χ2v) is 1.49. The van der Waals surface area contributed by atoms with Gasteiger partial charge in [0.2, 0.25) is 5.43 Å². The van der Waals surface area contributed by atoms with Gasteiger partial charge in [0.15, 0.2) is 5.69 Å². The van der Waals surface area contributed by atoms with Crippen LogP contribution in [-0.2, 0) is 0 Å². The van der Waals surface area contributed by atoms with Crippen molar-refractivity contribution < 1.29 is 0 Å². The highest BCUT2D eigenvalue weighted by Crippen LogP contribution is 1.97. The van der Waals surface area contributed by atoms with Crippen LogP contribution in [-0.4, -0.2) is 4.98 Å². The van der Waals surface area contributed by atoms with Crippen molar-refractivity contribution in [2.75, 3.05) is 0 Å². The van der Waals surface area contributed by atoms with Crippen LogP contribution >= 0.6 is 0 Å². The van der Waals surface area contributed by atoms with Crippen molar-refractivity contribution in [3.63, 3.8) is 0 Å². The van der Waals surface area contributed by atoms with Crippen LogP contribution in [0.4, 0.5) is 5.69 Å². The predicted molar refractivity (Wildman–Crippen MR) is 32.5 cm³/mol. The lowest BCUT2D eigenvalue weighted by atomic mass is 10.4. The van der Waals surface area contributed by atoms with Crippen molar-refractivity contribution in [3.8, 4) is 0 Å². The van der Waals surface area contributed by atoms with E-state index in [0.717, 1.165) is 0 Å². The zero-order valence-corrected chi connectivity index (χ0v) is 4.50. The van der Waals surface area contributed by atoms with Crippen LogP contribution in [0, 0.1) is 4.91 Å². The number of aromatic amines is 1. The summed E-state index contributed by atoms with van der Waals surface area (Å²) >= 11 is 0. The lowest BCUT2D eigenvalue weighted by molar-refractivity contribution is 1.27. The van der Waals surface area contributed by atoms with E-state index in [1.807, 2.05) is 0 Å². The topological polar surface area (TPSA) is 62.3 Å². The van der Waals surface area contributed by atoms with Crippen molar-refractivity contribution in [3.05, 3.63) is 33.6 Å². The molecule has 4 nitrogen and oxygen atoms in total. The summed E-state index contributed by atoms with van der Waals surface area (Å²) in [6, 6.07) is 1.25. The van der Waals surface area contributed by atoms with Crippen LogP contribution in [0.2, 0.25) is 0 Å². The minimum absolute atomic E-state index is 0.0856. The molecule has 0 unspecified atom stereocenters. The molecule has 0 spiro atoms. The first-order chi connectivity index (χ1) is 4.34. The zero-order valence-electron chi connectivity index (χ0n) is 4.50. The lowest BCUT2D eigenvalue weighted by Gasteiger charge is -1.81. The van der Waals surface area contributed by atoms with E-state index in [2.05, 4.69) is 10.2 Å². The average molecular weight is 124 g/mol. The summed E-state index contributed by atoms with van der Waals surface area (Å²) in [4.78, 5) is 22.9. The molecule has 0 saturated carbocycles. The molecule has 0 aliphatic carbocycles. The van der Waals surface area contributed by atoms with Crippen molar-refractivity contribution in [1.29, 1.82) is 0 Å². The molecule has 0 bridgehead atoms. The number of rotatable bonds is 1. The summed E-state index contributed by atoms with van der Waals surface area (Å²) in [6.07, 6.45) is 2.70. The first-order valence-electron chi connectivity index (χ1n) is 2.35. The number of nitroso groups, excluding NO2 is 1. The fraction of sp³-hybridized carbons (Fsp3) is 0. The van der Waals surface area contributed by atoms with E-state index in [9.17, 15) is 9.70 Å². The summed E-state index contributed by atoms with van der Waals surface area (Å²) in [5, 5.41) is 2.48. The number of H-pyrrole nitrogens is 1. The Balaban J connectivity index is 3.32. The number of nitrogens with zero attached hydrogens (tertiary/aromatic N) is 1. The van der Waals surface area contributed by atoms with Gasteiger partial charge in [-0.1, -0.05) is 0 Å². The van der Waals surface area contributed by atoms with Crippen molar-refractivity contribution >= 4 is 5.69 Å². The van der Waals surface area contributed by atoms with E-state index in [1.165, 1.54) is 18.5 Å². The maximum absolute atomic E-state index is 10.5. The van der Waals surface area contributed by atoms with Gasteiger partial charge < -0.3 is 4.98 Å². The predicted octanol–water partition coefficient (Wildman–Crippen LogP) is 0.773. The molecule has 0 amide bonds. The van der Waals surface area contributed by atoms with Gasteiger partial charge in [0, 0.05) is 18.5 Å². The highest BCUT2D eigenvalue weighted by Gasteiger charge is 1.92. The van der Waals surface area contributed by atoms with Gasteiger partial charge in [0.25, 0.3) is 0 Å². The van der Waals surface area contributed by atoms with E-state index in [1.54, 1.807) is 0 Å². The monoisotopic (exact) mass is 124 g/mol. The fourth-order valence-corrected chi connectivity index (χ4v) is 0.479. The second-order valence-electron chi connectivity index (χ2n) is 1.49. The SMILES string of the molecule is O=Nc1c[nH]ccc1=O. The number of pyridine rings is 1. The fourth-order valence-electron chi connectivity index (χ4n) is 0.479. The highest BCUT2D eigenvalue weighted by molar-refractivity contribution is 5.31. The smallest absolute Gasteiger partial charge is 0.210 e. The van der Waals surface area contributed by atoms with E-state index < -0.39 is 0 Å². The highest BCUT2D eigenvalue weighted by atomic mass is 16.3. The minimum atomic E-state index is -0.358. The van der Waals surface area contributed by atoms with Gasteiger partial charge in [-0.05, 0) is 5.18 Å². The number of nitrogens with one attached hydrogen (secondary N) is 1. The Hall–Kier alpha value is -1.45. The third-order valence-corrected chi connectivity index (χ3v) is 0.902. The van der Waals surface area contributed by atoms with Crippen molar-refractivity contribution in [2.45, 2.75) is 0 Å². The number of aromatic nitrogens is 1. The van der Waals surface area contributed by atoms with Crippen LogP contribution in [0.3, 0.4) is 0 Å². The van der Waals surface area contributed by atoms with Crippen molar-refractivity contribution in [1.82, 2.24) is 4.98 Å². The first-order valence-corrected chi connectivity index (χ1v) is 2.35. The standard InChI is InChI=1S/C5H4N2O2/c8-5-1-2-6-3-4(5)7-9/h1-3H,(H,6,8). The van der Waals surface area contributed by atoms with E-state index >= 15 is 0 Å². The molecule has 0 fully saturated rings. The Morgan fingerprint density at radius 1 is 1.56 bits per heavy atom. The average Bonchev–Trinajstić information content (AvgIpc) is 1.89. The molecule has 0 saturated heterocycles. The third-order valence-electron chi connectivity index (χ3n) is 0.902. The van der Waals surface area contributed by atoms with Crippen molar-refractivity contribution in [2.24, 2.45) is 5.18 Å². The molecule has 0 atom stereocenters. The van der Waals surface area contributed by atoms with E-state index in [-0.39, 0.29) is 11.1 Å². The molecule has 0 radical (unpaired) electrons. The van der Waals surface area contributed by atoms with Gasteiger partial charge >= 0.3 is 0 Å². The van der Waals surface area contributed by atoms with Gasteiger partial charge in [-0.25, -0.2) is 0 Å². The Morgan fingerprint density at radius 2 is 2.33 bits per heavy atom. The molecule has 1 aromatic heterocycles. The maximum Gasteiger partial charge on any atom is 0.210 e. The van der Waals surface area contributed by atoms with Crippen LogP contribution < -0.4 is 5.43 Å². The molecular formula is C5H4N2O2. The number of hydrogen-bond donors (Lipinski definition) is 1. The summed E-state index contributed by atoms with van der Waals surface area (Å²) in [5.74, 6) is 0. The Labute approximate surface area is 50.5 Å². The van der Waals surface area contributed by atoms with Gasteiger partial charge in [-0.2, -0.15) is 0 Å². The first kappa shape index (κ1) is 5.68. The molecule has 4 heteroatoms. The molecule has 0 aliphatic rings. The summed E-state index contributed by atoms with van der Waals surface area (Å²) in [7, 11) is 0. The van der Waals surface area contributed by atoms with Crippen LogP contribution in [0.1, 0.15) is 0 Å². The molecule has 0 aromatic carbocycles. The van der Waals surface area contributed by atoms with Gasteiger partial charge in [0.1, 0.15) is 0 Å². The molecule has 0 aliphatic heterocycles. The largest absolute Gasteiger partial charge is 0.365 e. The quantitative estimate of drug-likeness (QED) is 0.562. The molecule has 1 aromatic rings. The molecule has 1 rings (SSSR count). The summed E-state index contributed by atoms with van der Waals surface area (Å²) in [5.41, 5.74) is -0.443. The molecular weight excluding hydrogens is 120 g/mol. The number of hydrogen-bond acceptors (Lipinski definition) is 3. The normalized spacial score (nSPS) is 8.89. The maximum atomic E-state index is 10.5. The molecule has 1 heterocycles. The Morgan fingerprint density at radius 3 is 2.78 bits per heavy atom. The van der Waals surface area contributed by atoms with Gasteiger partial charge in [0.05, 0.1) is 0 Å². The van der Waals surface area contributed by atoms with Crippen LogP contribution in [0.25, 0.3) is 0 Å². The molecule has 1 N–H and O–H groups in total. The third kappa shape index (κ3) is 1.02. The molecule has 9 heavy (non-hydrogen) atoms. The Bertz CT molecular complexity index is 266. The van der Waals surface area contributed by atoms with Crippen LogP contribution in [0.15, 0.2) is 28.4 Å². The summed E-state index contributed by atoms with van der Waals surface area (Å²) < 4.78 is 0.